The van der Waals surface area contributed by atoms with Gasteiger partial charge in [-0.2, -0.15) is 0 Å². The summed E-state index contributed by atoms with van der Waals surface area (Å²) in [5, 5.41) is 8.76. The highest BCUT2D eigenvalue weighted by atomic mass is 19.1. The van der Waals surface area contributed by atoms with Gasteiger partial charge in [-0.05, 0) is 105 Å². The van der Waals surface area contributed by atoms with Crippen molar-refractivity contribution in [2.24, 2.45) is 15.9 Å². The Hall–Kier alpha value is -3.71. The summed E-state index contributed by atoms with van der Waals surface area (Å²) in [6.07, 6.45) is 11.1. The lowest BCUT2D eigenvalue weighted by Gasteiger charge is -2.28. The number of allylic oxidation sites excluding steroid dienone is 1. The second-order valence-electron chi connectivity index (χ2n) is 9.57. The van der Waals surface area contributed by atoms with Gasteiger partial charge in [0.05, 0.1) is 5.69 Å². The summed E-state index contributed by atoms with van der Waals surface area (Å²) in [5.41, 5.74) is 8.79. The molecule has 6 nitrogen and oxygen atoms in total. The highest BCUT2D eigenvalue weighted by Crippen LogP contribution is 2.28. The van der Waals surface area contributed by atoms with Gasteiger partial charge < -0.3 is 10.6 Å². The number of aliphatic imine (C=N–C) groups is 2. The summed E-state index contributed by atoms with van der Waals surface area (Å²) in [5.74, 6) is 1.17. The fourth-order valence-corrected chi connectivity index (χ4v) is 4.87. The third-order valence-electron chi connectivity index (χ3n) is 6.85. The topological polar surface area (TPSA) is 64.0 Å². The summed E-state index contributed by atoms with van der Waals surface area (Å²) >= 11 is 0. The molecule has 0 radical (unpaired) electrons. The number of benzene rings is 2. The molecule has 0 saturated carbocycles. The SMILES string of the molecule is C=Cc1cc(N=C2N=CNN(C=C)/C2=C(\C)CCC[C@H]2CCCNC2)ccc1NCc1cccc(F)c1. The van der Waals surface area contributed by atoms with E-state index < -0.39 is 0 Å². The van der Waals surface area contributed by atoms with Gasteiger partial charge in [-0.15, -0.1) is 0 Å². The first-order valence-corrected chi connectivity index (χ1v) is 13.0. The molecule has 3 N–H and O–H groups in total. The normalized spacial score (nSPS) is 19.9. The Labute approximate surface area is 219 Å². The van der Waals surface area contributed by atoms with Crippen molar-refractivity contribution in [1.82, 2.24) is 15.8 Å². The van der Waals surface area contributed by atoms with Crippen LogP contribution in [0.1, 0.15) is 50.2 Å². The van der Waals surface area contributed by atoms with Crippen molar-refractivity contribution >= 4 is 29.6 Å². The zero-order chi connectivity index (χ0) is 26.0. The molecule has 0 aliphatic carbocycles. The van der Waals surface area contributed by atoms with Crippen LogP contribution >= 0.6 is 0 Å². The van der Waals surface area contributed by atoms with Crippen LogP contribution < -0.4 is 16.1 Å². The smallest absolute Gasteiger partial charge is 0.180 e. The van der Waals surface area contributed by atoms with Crippen LogP contribution in [-0.2, 0) is 6.54 Å². The van der Waals surface area contributed by atoms with Crippen molar-refractivity contribution in [3.05, 3.63) is 90.0 Å². The van der Waals surface area contributed by atoms with Gasteiger partial charge in [-0.3, -0.25) is 10.4 Å². The maximum absolute atomic E-state index is 13.5. The maximum atomic E-state index is 13.5. The van der Waals surface area contributed by atoms with Gasteiger partial charge in [0.15, 0.2) is 5.84 Å². The Morgan fingerprint density at radius 1 is 1.27 bits per heavy atom. The van der Waals surface area contributed by atoms with Crippen molar-refractivity contribution in [2.45, 2.75) is 45.6 Å². The predicted molar refractivity (Wildman–Crippen MR) is 153 cm³/mol. The molecule has 0 amide bonds. The second-order valence-corrected chi connectivity index (χ2v) is 9.57. The van der Waals surface area contributed by atoms with Crippen LogP contribution in [0.25, 0.3) is 6.08 Å². The van der Waals surface area contributed by atoms with Crippen molar-refractivity contribution < 1.29 is 4.39 Å². The zero-order valence-electron chi connectivity index (χ0n) is 21.6. The Balaban J connectivity index is 1.51. The van der Waals surface area contributed by atoms with Gasteiger partial charge in [0.2, 0.25) is 0 Å². The molecule has 0 bridgehead atoms. The first kappa shape index (κ1) is 26.4. The number of piperidine rings is 1. The summed E-state index contributed by atoms with van der Waals surface area (Å²) in [7, 11) is 0. The first-order chi connectivity index (χ1) is 18.1. The number of amidine groups is 1. The van der Waals surface area contributed by atoms with Crippen LogP contribution in [0.4, 0.5) is 15.8 Å². The first-order valence-electron chi connectivity index (χ1n) is 13.0. The minimum absolute atomic E-state index is 0.240. The third kappa shape index (κ3) is 7.17. The molecule has 2 heterocycles. The number of nitrogens with zero attached hydrogens (tertiary/aromatic N) is 3. The van der Waals surface area contributed by atoms with Crippen molar-refractivity contribution in [3.63, 3.8) is 0 Å². The van der Waals surface area contributed by atoms with E-state index in [1.54, 1.807) is 24.7 Å². The minimum Gasteiger partial charge on any atom is -0.380 e. The lowest BCUT2D eigenvalue weighted by atomic mass is 9.93. The molecule has 4 rings (SSSR count). The van der Waals surface area contributed by atoms with Gasteiger partial charge in [0.1, 0.15) is 17.9 Å². The van der Waals surface area contributed by atoms with Crippen LogP contribution in [0, 0.1) is 11.7 Å². The number of rotatable bonds is 10. The molecule has 194 valence electrons. The molecule has 2 aliphatic rings. The van der Waals surface area contributed by atoms with E-state index in [-0.39, 0.29) is 5.82 Å². The van der Waals surface area contributed by atoms with Crippen LogP contribution in [0.3, 0.4) is 0 Å². The van der Waals surface area contributed by atoms with Crippen LogP contribution in [-0.4, -0.2) is 30.3 Å². The quantitative estimate of drug-likeness (QED) is 0.346. The number of hydrazine groups is 1. The molecule has 2 aliphatic heterocycles. The lowest BCUT2D eigenvalue weighted by molar-refractivity contribution is 0.350. The Morgan fingerprint density at radius 2 is 2.16 bits per heavy atom. The zero-order valence-corrected chi connectivity index (χ0v) is 21.6. The fourth-order valence-electron chi connectivity index (χ4n) is 4.87. The minimum atomic E-state index is -0.240. The van der Waals surface area contributed by atoms with Gasteiger partial charge in [0, 0.05) is 18.4 Å². The largest absolute Gasteiger partial charge is 0.380 e. The van der Waals surface area contributed by atoms with E-state index in [1.165, 1.54) is 37.0 Å². The molecule has 2 aromatic carbocycles. The van der Waals surface area contributed by atoms with Gasteiger partial charge in [0.25, 0.3) is 0 Å². The summed E-state index contributed by atoms with van der Waals surface area (Å²) < 4.78 is 13.5. The molecule has 1 atom stereocenters. The second kappa shape index (κ2) is 13.0. The Kier molecular flexibility index (Phi) is 9.27. The van der Waals surface area contributed by atoms with Crippen molar-refractivity contribution in [2.75, 3.05) is 18.4 Å². The lowest BCUT2D eigenvalue weighted by Crippen LogP contribution is -2.39. The number of nitrogens with one attached hydrogen (secondary N) is 3. The van der Waals surface area contributed by atoms with Crippen molar-refractivity contribution in [3.8, 4) is 0 Å². The highest BCUT2D eigenvalue weighted by Gasteiger charge is 2.20. The van der Waals surface area contributed by atoms with E-state index in [9.17, 15) is 4.39 Å². The summed E-state index contributed by atoms with van der Waals surface area (Å²) in [6.45, 7) is 12.9. The highest BCUT2D eigenvalue weighted by molar-refractivity contribution is 6.05. The molecule has 2 aromatic rings. The van der Waals surface area contributed by atoms with Gasteiger partial charge >= 0.3 is 0 Å². The predicted octanol–water partition coefficient (Wildman–Crippen LogP) is 6.55. The molecule has 7 heteroatoms. The summed E-state index contributed by atoms with van der Waals surface area (Å²) in [6, 6.07) is 12.5. The maximum Gasteiger partial charge on any atom is 0.180 e. The average Bonchev–Trinajstić information content (AvgIpc) is 2.92. The van der Waals surface area contributed by atoms with E-state index in [4.69, 9.17) is 4.99 Å². The van der Waals surface area contributed by atoms with Crippen LogP contribution in [0.2, 0.25) is 0 Å². The van der Waals surface area contributed by atoms with E-state index in [2.05, 4.69) is 41.1 Å². The molecule has 37 heavy (non-hydrogen) atoms. The Bertz CT molecular complexity index is 1190. The van der Waals surface area contributed by atoms with E-state index >= 15 is 0 Å². The number of anilines is 1. The molecular weight excluding hydrogens is 463 g/mol. The van der Waals surface area contributed by atoms with Crippen molar-refractivity contribution in [1.29, 1.82) is 0 Å². The number of halogens is 1. The molecule has 0 unspecified atom stereocenters. The molecule has 0 spiro atoms. The van der Waals surface area contributed by atoms with Gasteiger partial charge in [-0.25, -0.2) is 14.4 Å². The van der Waals surface area contributed by atoms with E-state index in [0.29, 0.717) is 12.4 Å². The van der Waals surface area contributed by atoms with Gasteiger partial charge in [-0.1, -0.05) is 31.4 Å². The fraction of sp³-hybridized carbons (Fsp3) is 0.333. The number of hydrogen-bond acceptors (Lipinski definition) is 5. The Morgan fingerprint density at radius 3 is 2.92 bits per heavy atom. The molecule has 1 fully saturated rings. The standard InChI is InChI=1S/C30H37FN6/c1-4-25-18-27(14-15-28(25)33-20-24-11-7-13-26(31)17-24)36-30-29(37(5-2)35-21-34-30)22(3)9-6-10-23-12-8-16-32-19-23/h4-5,7,11,13-15,17-18,21,23,32-33H,1-2,6,8-10,12,16,19-20H2,3H3,(H,34,35,36)/b29-22+/t23-/m0/s1. The van der Waals surface area contributed by atoms with Crippen LogP contribution in [0.15, 0.2) is 83.1 Å². The summed E-state index contributed by atoms with van der Waals surface area (Å²) in [4.78, 5) is 9.46. The molecule has 0 aromatic heterocycles. The van der Waals surface area contributed by atoms with Crippen LogP contribution in [0.5, 0.6) is 0 Å². The monoisotopic (exact) mass is 500 g/mol. The van der Waals surface area contributed by atoms with E-state index in [0.717, 1.165) is 60.0 Å². The number of hydrogen-bond donors (Lipinski definition) is 3. The molecule has 1 saturated heterocycles. The average molecular weight is 501 g/mol. The third-order valence-corrected chi connectivity index (χ3v) is 6.85. The van der Waals surface area contributed by atoms with E-state index in [1.807, 2.05) is 29.3 Å². The molecular formula is C30H37FN6.